The van der Waals surface area contributed by atoms with Crippen molar-refractivity contribution in [3.05, 3.63) is 24.3 Å². The highest BCUT2D eigenvalue weighted by Gasteiger charge is 2.16. The summed E-state index contributed by atoms with van der Waals surface area (Å²) >= 11 is 0. The lowest BCUT2D eigenvalue weighted by Crippen LogP contribution is -2.27. The minimum absolute atomic E-state index is 0.529. The Balaban J connectivity index is 2.69. The van der Waals surface area contributed by atoms with Crippen LogP contribution in [0.4, 0.5) is 16.2 Å². The van der Waals surface area contributed by atoms with Crippen LogP contribution in [0.1, 0.15) is 27.7 Å². The van der Waals surface area contributed by atoms with Gasteiger partial charge in [0.25, 0.3) is 0 Å². The number of carbonyl (C=O) groups excluding carboxylic acids is 1. The molecule has 20 heavy (non-hydrogen) atoms. The fourth-order valence-electron chi connectivity index (χ4n) is 1.42. The van der Waals surface area contributed by atoms with E-state index in [2.05, 4.69) is 10.6 Å². The van der Waals surface area contributed by atoms with Gasteiger partial charge in [0.05, 0.1) is 0 Å². The van der Waals surface area contributed by atoms with Crippen molar-refractivity contribution < 1.29 is 19.4 Å². The highest BCUT2D eigenvalue weighted by molar-refractivity contribution is 5.86. The molecule has 6 nitrogen and oxygen atoms in total. The van der Waals surface area contributed by atoms with E-state index in [4.69, 9.17) is 9.84 Å². The number of nitrogens with one attached hydrogen (secondary N) is 2. The Morgan fingerprint density at radius 1 is 1.25 bits per heavy atom. The van der Waals surface area contributed by atoms with Crippen LogP contribution >= 0.6 is 0 Å². The fraction of sp³-hybridized carbons (Fsp3) is 0.429. The van der Waals surface area contributed by atoms with Gasteiger partial charge in [-0.2, -0.15) is 0 Å². The van der Waals surface area contributed by atoms with Gasteiger partial charge in [0.1, 0.15) is 11.6 Å². The number of rotatable bonds is 4. The van der Waals surface area contributed by atoms with Crippen molar-refractivity contribution in [3.63, 3.8) is 0 Å². The molecule has 0 saturated carbocycles. The zero-order valence-electron chi connectivity index (χ0n) is 12.1. The molecule has 0 spiro atoms. The molecule has 1 rings (SSSR count). The minimum atomic E-state index is -0.949. The van der Waals surface area contributed by atoms with Crippen molar-refractivity contribution in [3.8, 4) is 0 Å². The molecule has 110 valence electrons. The van der Waals surface area contributed by atoms with Gasteiger partial charge < -0.3 is 15.2 Å². The van der Waals surface area contributed by atoms with E-state index in [-0.39, 0.29) is 0 Å². The van der Waals surface area contributed by atoms with Gasteiger partial charge in [-0.15, -0.1) is 0 Å². The number of carbonyl (C=O) groups is 2. The van der Waals surface area contributed by atoms with Crippen molar-refractivity contribution in [1.82, 2.24) is 0 Å². The topological polar surface area (TPSA) is 87.7 Å². The first-order valence-corrected chi connectivity index (χ1v) is 6.27. The molecule has 0 radical (unpaired) electrons. The summed E-state index contributed by atoms with van der Waals surface area (Å²) in [5.74, 6) is -0.949. The third kappa shape index (κ3) is 5.60. The molecule has 1 aromatic rings. The van der Waals surface area contributed by atoms with E-state index >= 15 is 0 Å². The number of carboxylic acid groups (broad SMARTS) is 1. The normalized spacial score (nSPS) is 12.4. The van der Waals surface area contributed by atoms with E-state index in [1.165, 1.54) is 6.92 Å². The zero-order valence-corrected chi connectivity index (χ0v) is 12.1. The quantitative estimate of drug-likeness (QED) is 0.789. The summed E-state index contributed by atoms with van der Waals surface area (Å²) in [5, 5.41) is 14.2. The summed E-state index contributed by atoms with van der Waals surface area (Å²) in [6.45, 7) is 6.87. The number of hydrogen-bond acceptors (Lipinski definition) is 4. The maximum atomic E-state index is 11.6. The molecule has 0 fully saturated rings. The Morgan fingerprint density at radius 3 is 2.40 bits per heavy atom. The third-order valence-corrected chi connectivity index (χ3v) is 2.26. The van der Waals surface area contributed by atoms with Gasteiger partial charge in [-0.1, -0.05) is 6.07 Å². The predicted octanol–water partition coefficient (Wildman–Crippen LogP) is 2.92. The van der Waals surface area contributed by atoms with Gasteiger partial charge >= 0.3 is 12.1 Å². The van der Waals surface area contributed by atoms with Crippen LogP contribution < -0.4 is 10.6 Å². The predicted molar refractivity (Wildman–Crippen MR) is 77.0 cm³/mol. The summed E-state index contributed by atoms with van der Waals surface area (Å²) in [5.41, 5.74) is 0.563. The van der Waals surface area contributed by atoms with Gasteiger partial charge in [0.15, 0.2) is 0 Å². The van der Waals surface area contributed by atoms with Crippen molar-refractivity contribution in [2.75, 3.05) is 10.6 Å². The fourth-order valence-corrected chi connectivity index (χ4v) is 1.42. The minimum Gasteiger partial charge on any atom is -0.480 e. The maximum Gasteiger partial charge on any atom is 0.412 e. The molecule has 0 aliphatic heterocycles. The number of anilines is 2. The Labute approximate surface area is 118 Å². The van der Waals surface area contributed by atoms with Crippen LogP contribution in [-0.2, 0) is 9.53 Å². The Morgan fingerprint density at radius 2 is 1.85 bits per heavy atom. The van der Waals surface area contributed by atoms with Gasteiger partial charge in [-0.3, -0.25) is 10.1 Å². The smallest absolute Gasteiger partial charge is 0.412 e. The summed E-state index contributed by atoms with van der Waals surface area (Å²) < 4.78 is 5.14. The third-order valence-electron chi connectivity index (χ3n) is 2.26. The van der Waals surface area contributed by atoms with Crippen LogP contribution in [0.3, 0.4) is 0 Å². The molecule has 0 bridgehead atoms. The molecule has 1 unspecified atom stereocenters. The van der Waals surface area contributed by atoms with E-state index in [9.17, 15) is 9.59 Å². The SMILES string of the molecule is CC(Nc1cccc(NC(=O)OC(C)(C)C)c1)C(=O)O. The Hall–Kier alpha value is -2.24. The average Bonchev–Trinajstić information content (AvgIpc) is 2.26. The summed E-state index contributed by atoms with van der Waals surface area (Å²) in [4.78, 5) is 22.4. The van der Waals surface area contributed by atoms with E-state index < -0.39 is 23.7 Å². The highest BCUT2D eigenvalue weighted by Crippen LogP contribution is 2.17. The molecule has 1 atom stereocenters. The second kappa shape index (κ2) is 6.27. The van der Waals surface area contributed by atoms with E-state index in [0.29, 0.717) is 11.4 Å². The summed E-state index contributed by atoms with van der Waals surface area (Å²) in [6, 6.07) is 6.06. The number of hydrogen-bond donors (Lipinski definition) is 3. The molecular formula is C14H20N2O4. The van der Waals surface area contributed by atoms with Crippen LogP contribution in [-0.4, -0.2) is 28.8 Å². The number of ether oxygens (including phenoxy) is 1. The number of amides is 1. The highest BCUT2D eigenvalue weighted by atomic mass is 16.6. The lowest BCUT2D eigenvalue weighted by molar-refractivity contribution is -0.137. The first-order valence-electron chi connectivity index (χ1n) is 6.27. The number of aliphatic carboxylic acids is 1. The second-order valence-electron chi connectivity index (χ2n) is 5.41. The lowest BCUT2D eigenvalue weighted by Gasteiger charge is -2.20. The van der Waals surface area contributed by atoms with Gasteiger partial charge in [0.2, 0.25) is 0 Å². The first kappa shape index (κ1) is 15.8. The van der Waals surface area contributed by atoms with Crippen molar-refractivity contribution in [1.29, 1.82) is 0 Å². The molecule has 1 aromatic carbocycles. The average molecular weight is 280 g/mol. The van der Waals surface area contributed by atoms with Crippen LogP contribution in [0, 0.1) is 0 Å². The molecule has 3 N–H and O–H groups in total. The molecule has 1 amide bonds. The van der Waals surface area contributed by atoms with E-state index in [1.54, 1.807) is 45.0 Å². The molecule has 6 heteroatoms. The van der Waals surface area contributed by atoms with E-state index in [1.807, 2.05) is 0 Å². The van der Waals surface area contributed by atoms with Crippen LogP contribution in [0.5, 0.6) is 0 Å². The molecule has 0 aliphatic carbocycles. The maximum absolute atomic E-state index is 11.6. The van der Waals surface area contributed by atoms with Gasteiger partial charge in [0, 0.05) is 11.4 Å². The molecule has 0 aliphatic rings. The van der Waals surface area contributed by atoms with Crippen molar-refractivity contribution in [2.24, 2.45) is 0 Å². The first-order chi connectivity index (χ1) is 9.17. The summed E-state index contributed by atoms with van der Waals surface area (Å²) in [7, 11) is 0. The molecule has 0 aromatic heterocycles. The number of carboxylic acids is 1. The standard InChI is InChI=1S/C14H20N2O4/c1-9(12(17)18)15-10-6-5-7-11(8-10)16-13(19)20-14(2,3)4/h5-9,15H,1-4H3,(H,16,19)(H,17,18). The Bertz CT molecular complexity index is 494. The van der Waals surface area contributed by atoms with Crippen molar-refractivity contribution in [2.45, 2.75) is 39.3 Å². The zero-order chi connectivity index (χ0) is 15.3. The number of benzene rings is 1. The molecular weight excluding hydrogens is 260 g/mol. The Kier molecular flexibility index (Phi) is 4.96. The molecule has 0 heterocycles. The van der Waals surface area contributed by atoms with Gasteiger partial charge in [-0.25, -0.2) is 4.79 Å². The van der Waals surface area contributed by atoms with Crippen LogP contribution in [0.25, 0.3) is 0 Å². The monoisotopic (exact) mass is 280 g/mol. The largest absolute Gasteiger partial charge is 0.480 e. The second-order valence-corrected chi connectivity index (χ2v) is 5.41. The van der Waals surface area contributed by atoms with E-state index in [0.717, 1.165) is 0 Å². The van der Waals surface area contributed by atoms with Crippen LogP contribution in [0.15, 0.2) is 24.3 Å². The van der Waals surface area contributed by atoms with Crippen molar-refractivity contribution >= 4 is 23.4 Å². The molecule has 0 saturated heterocycles. The van der Waals surface area contributed by atoms with Gasteiger partial charge in [-0.05, 0) is 45.9 Å². The van der Waals surface area contributed by atoms with Crippen LogP contribution in [0.2, 0.25) is 0 Å². The summed E-state index contributed by atoms with van der Waals surface area (Å²) in [6.07, 6.45) is -0.555. The lowest BCUT2D eigenvalue weighted by atomic mass is 10.2.